The number of hydrogen-bond donors (Lipinski definition) is 2. The van der Waals surface area contributed by atoms with Crippen molar-refractivity contribution in [3.05, 3.63) is 28.8 Å². The van der Waals surface area contributed by atoms with Crippen LogP contribution in [0.4, 0.5) is 0 Å². The lowest BCUT2D eigenvalue weighted by molar-refractivity contribution is 0.574. The molecule has 0 aliphatic carbocycles. The molecule has 0 aromatic heterocycles. The third-order valence-corrected chi connectivity index (χ3v) is 4.35. The first-order valence-corrected chi connectivity index (χ1v) is 7.80. The van der Waals surface area contributed by atoms with Gasteiger partial charge in [-0.05, 0) is 44.1 Å². The standard InChI is InChI=1S/C12H19ClN2O2S/c1-3-14-7-4-8-15-18(16,17)12-9-11(13)6-5-10(12)2/h5-6,9,14-15H,3-4,7-8H2,1-2H3. The first kappa shape index (κ1) is 15.4. The van der Waals surface area contributed by atoms with E-state index in [1.165, 1.54) is 6.07 Å². The summed E-state index contributed by atoms with van der Waals surface area (Å²) in [5.74, 6) is 0. The van der Waals surface area contributed by atoms with E-state index in [9.17, 15) is 8.42 Å². The first-order chi connectivity index (χ1) is 8.47. The zero-order chi connectivity index (χ0) is 13.6. The second-order valence-electron chi connectivity index (χ2n) is 4.01. The van der Waals surface area contributed by atoms with Gasteiger partial charge in [0, 0.05) is 11.6 Å². The SMILES string of the molecule is CCNCCCNS(=O)(=O)c1cc(Cl)ccc1C. The normalized spacial score (nSPS) is 11.7. The lowest BCUT2D eigenvalue weighted by Crippen LogP contribution is -2.28. The van der Waals surface area contributed by atoms with Gasteiger partial charge in [-0.25, -0.2) is 13.1 Å². The van der Waals surface area contributed by atoms with Crippen molar-refractivity contribution in [2.75, 3.05) is 19.6 Å². The van der Waals surface area contributed by atoms with Crippen LogP contribution >= 0.6 is 11.6 Å². The smallest absolute Gasteiger partial charge is 0.240 e. The van der Waals surface area contributed by atoms with Gasteiger partial charge in [0.1, 0.15) is 0 Å². The Bertz CT molecular complexity index is 489. The van der Waals surface area contributed by atoms with Crippen molar-refractivity contribution in [1.82, 2.24) is 10.0 Å². The van der Waals surface area contributed by atoms with Crippen LogP contribution in [0.15, 0.2) is 23.1 Å². The van der Waals surface area contributed by atoms with Gasteiger partial charge in [-0.1, -0.05) is 24.6 Å². The van der Waals surface area contributed by atoms with Crippen molar-refractivity contribution in [1.29, 1.82) is 0 Å². The summed E-state index contributed by atoms with van der Waals surface area (Å²) in [7, 11) is -3.46. The largest absolute Gasteiger partial charge is 0.317 e. The van der Waals surface area contributed by atoms with Gasteiger partial charge in [-0.15, -0.1) is 0 Å². The maximum Gasteiger partial charge on any atom is 0.240 e. The van der Waals surface area contributed by atoms with Crippen LogP contribution in [-0.2, 0) is 10.0 Å². The molecule has 0 aliphatic rings. The van der Waals surface area contributed by atoms with Crippen molar-refractivity contribution in [2.45, 2.75) is 25.2 Å². The van der Waals surface area contributed by atoms with Gasteiger partial charge in [0.2, 0.25) is 10.0 Å². The van der Waals surface area contributed by atoms with Crippen LogP contribution in [0, 0.1) is 6.92 Å². The van der Waals surface area contributed by atoms with E-state index >= 15 is 0 Å². The van der Waals surface area contributed by atoms with Crippen LogP contribution in [-0.4, -0.2) is 28.1 Å². The second-order valence-corrected chi connectivity index (χ2v) is 6.19. The predicted molar refractivity (Wildman–Crippen MR) is 74.5 cm³/mol. The molecule has 0 saturated carbocycles. The van der Waals surface area contributed by atoms with Gasteiger partial charge in [0.25, 0.3) is 0 Å². The highest BCUT2D eigenvalue weighted by atomic mass is 35.5. The minimum atomic E-state index is -3.46. The predicted octanol–water partition coefficient (Wildman–Crippen LogP) is 1.93. The molecule has 2 N–H and O–H groups in total. The summed E-state index contributed by atoms with van der Waals surface area (Å²) < 4.78 is 26.7. The molecule has 0 fully saturated rings. The van der Waals surface area contributed by atoms with Gasteiger partial charge in [0.15, 0.2) is 0 Å². The molecule has 102 valence electrons. The Hall–Kier alpha value is -0.620. The number of rotatable bonds is 7. The third kappa shape index (κ3) is 4.57. The van der Waals surface area contributed by atoms with E-state index in [4.69, 9.17) is 11.6 Å². The third-order valence-electron chi connectivity index (χ3n) is 2.51. The highest BCUT2D eigenvalue weighted by Gasteiger charge is 2.16. The average Bonchev–Trinajstić information content (AvgIpc) is 2.32. The monoisotopic (exact) mass is 290 g/mol. The number of aryl methyl sites for hydroxylation is 1. The minimum Gasteiger partial charge on any atom is -0.317 e. The molecule has 0 radical (unpaired) electrons. The van der Waals surface area contributed by atoms with E-state index < -0.39 is 10.0 Å². The summed E-state index contributed by atoms with van der Waals surface area (Å²) in [6.07, 6.45) is 0.757. The Kier molecular flexibility index (Phi) is 6.08. The molecule has 6 heteroatoms. The van der Waals surface area contributed by atoms with Crippen molar-refractivity contribution in [2.24, 2.45) is 0 Å². The number of benzene rings is 1. The molecule has 0 bridgehead atoms. The number of sulfonamides is 1. The van der Waals surface area contributed by atoms with Crippen molar-refractivity contribution in [3.8, 4) is 0 Å². The molecule has 18 heavy (non-hydrogen) atoms. The zero-order valence-electron chi connectivity index (χ0n) is 10.7. The van der Waals surface area contributed by atoms with Gasteiger partial charge in [-0.3, -0.25) is 0 Å². The molecule has 0 amide bonds. The van der Waals surface area contributed by atoms with Gasteiger partial charge in [-0.2, -0.15) is 0 Å². The molecular formula is C12H19ClN2O2S. The Morgan fingerprint density at radius 1 is 1.28 bits per heavy atom. The number of hydrogen-bond acceptors (Lipinski definition) is 3. The second kappa shape index (κ2) is 7.09. The maximum atomic E-state index is 12.0. The molecule has 0 unspecified atom stereocenters. The Labute approximate surface area is 114 Å². The van der Waals surface area contributed by atoms with Gasteiger partial charge in [0.05, 0.1) is 4.90 Å². The van der Waals surface area contributed by atoms with Crippen LogP contribution in [0.3, 0.4) is 0 Å². The molecule has 1 aromatic rings. The molecule has 4 nitrogen and oxygen atoms in total. The van der Waals surface area contributed by atoms with E-state index in [2.05, 4.69) is 10.0 Å². The van der Waals surface area contributed by atoms with Crippen molar-refractivity contribution in [3.63, 3.8) is 0 Å². The molecular weight excluding hydrogens is 272 g/mol. The van der Waals surface area contributed by atoms with E-state index in [1.807, 2.05) is 6.92 Å². The van der Waals surface area contributed by atoms with Crippen LogP contribution in [0.5, 0.6) is 0 Å². The zero-order valence-corrected chi connectivity index (χ0v) is 12.2. The summed E-state index contributed by atoms with van der Waals surface area (Å²) >= 11 is 5.82. The Morgan fingerprint density at radius 3 is 2.67 bits per heavy atom. The highest BCUT2D eigenvalue weighted by molar-refractivity contribution is 7.89. The lowest BCUT2D eigenvalue weighted by Gasteiger charge is -2.09. The van der Waals surface area contributed by atoms with Crippen LogP contribution in [0.1, 0.15) is 18.9 Å². The summed E-state index contributed by atoms with van der Waals surface area (Å²) in [5.41, 5.74) is 0.693. The van der Waals surface area contributed by atoms with Crippen molar-refractivity contribution < 1.29 is 8.42 Å². The molecule has 0 spiro atoms. The van der Waals surface area contributed by atoms with Gasteiger partial charge < -0.3 is 5.32 Å². The molecule has 1 rings (SSSR count). The lowest BCUT2D eigenvalue weighted by atomic mass is 10.2. The highest BCUT2D eigenvalue weighted by Crippen LogP contribution is 2.19. The summed E-state index contributed by atoms with van der Waals surface area (Å²) in [4.78, 5) is 0.249. The summed E-state index contributed by atoms with van der Waals surface area (Å²) in [6, 6.07) is 4.86. The average molecular weight is 291 g/mol. The Morgan fingerprint density at radius 2 is 2.00 bits per heavy atom. The molecule has 0 atom stereocenters. The summed E-state index contributed by atoms with van der Waals surface area (Å²) in [5, 5.41) is 3.56. The quantitative estimate of drug-likeness (QED) is 0.755. The van der Waals surface area contributed by atoms with E-state index in [0.29, 0.717) is 17.1 Å². The summed E-state index contributed by atoms with van der Waals surface area (Å²) in [6.45, 7) is 5.87. The molecule has 0 saturated heterocycles. The Balaban J connectivity index is 2.66. The number of nitrogens with one attached hydrogen (secondary N) is 2. The molecule has 1 aromatic carbocycles. The van der Waals surface area contributed by atoms with Crippen LogP contribution in [0.2, 0.25) is 5.02 Å². The molecule has 0 aliphatic heterocycles. The van der Waals surface area contributed by atoms with E-state index in [0.717, 1.165) is 19.5 Å². The van der Waals surface area contributed by atoms with Crippen LogP contribution in [0.25, 0.3) is 0 Å². The minimum absolute atomic E-state index is 0.249. The van der Waals surface area contributed by atoms with E-state index in [1.54, 1.807) is 19.1 Å². The van der Waals surface area contributed by atoms with Crippen molar-refractivity contribution >= 4 is 21.6 Å². The fraction of sp³-hybridized carbons (Fsp3) is 0.500. The topological polar surface area (TPSA) is 58.2 Å². The first-order valence-electron chi connectivity index (χ1n) is 5.94. The fourth-order valence-electron chi connectivity index (χ4n) is 1.54. The van der Waals surface area contributed by atoms with Crippen LogP contribution < -0.4 is 10.0 Å². The number of halogens is 1. The van der Waals surface area contributed by atoms with Gasteiger partial charge >= 0.3 is 0 Å². The fourth-order valence-corrected chi connectivity index (χ4v) is 3.12. The molecule has 0 heterocycles. The van der Waals surface area contributed by atoms with E-state index in [-0.39, 0.29) is 4.90 Å². The maximum absolute atomic E-state index is 12.0.